The van der Waals surface area contributed by atoms with Gasteiger partial charge < -0.3 is 19.7 Å². The summed E-state index contributed by atoms with van der Waals surface area (Å²) in [6.45, 7) is 8.64. The molecule has 0 radical (unpaired) electrons. The van der Waals surface area contributed by atoms with Gasteiger partial charge in [0.1, 0.15) is 0 Å². The molecule has 144 valence electrons. The number of benzene rings is 1. The van der Waals surface area contributed by atoms with E-state index in [1.54, 1.807) is 6.07 Å². The van der Waals surface area contributed by atoms with Gasteiger partial charge in [-0.05, 0) is 31.0 Å². The third-order valence-corrected chi connectivity index (χ3v) is 5.69. The van der Waals surface area contributed by atoms with Crippen LogP contribution in [0.3, 0.4) is 0 Å². The van der Waals surface area contributed by atoms with E-state index in [9.17, 15) is 4.39 Å². The van der Waals surface area contributed by atoms with Crippen molar-refractivity contribution < 1.29 is 13.9 Å². The van der Waals surface area contributed by atoms with Crippen LogP contribution in [-0.4, -0.2) is 50.3 Å². The minimum absolute atomic E-state index is 0.0861. The van der Waals surface area contributed by atoms with Crippen LogP contribution < -0.4 is 10.1 Å². The molecule has 1 saturated carbocycles. The Morgan fingerprint density at radius 2 is 2.23 bits per heavy atom. The lowest BCUT2D eigenvalue weighted by Crippen LogP contribution is -2.67. The minimum Gasteiger partial charge on any atom is -0.494 e. The Labute approximate surface area is 155 Å². The summed E-state index contributed by atoms with van der Waals surface area (Å²) in [5.41, 5.74) is 0.967. The highest BCUT2D eigenvalue weighted by Gasteiger charge is 2.59. The van der Waals surface area contributed by atoms with Crippen molar-refractivity contribution in [2.75, 3.05) is 27.3 Å². The molecule has 0 bridgehead atoms. The molecule has 6 heteroatoms. The number of halogens is 1. The summed E-state index contributed by atoms with van der Waals surface area (Å²) in [5, 5.41) is 3.65. The number of methoxy groups -OCH3 is 1. The van der Waals surface area contributed by atoms with Crippen LogP contribution >= 0.6 is 0 Å². The summed E-state index contributed by atoms with van der Waals surface area (Å²) in [6, 6.07) is 5.41. The van der Waals surface area contributed by atoms with Gasteiger partial charge >= 0.3 is 0 Å². The molecule has 1 heterocycles. The number of hydrogen-bond acceptors (Lipinski definition) is 3. The third kappa shape index (κ3) is 3.39. The maximum Gasteiger partial charge on any atom is 0.194 e. The van der Waals surface area contributed by atoms with E-state index in [0.29, 0.717) is 31.2 Å². The molecule has 1 aliphatic heterocycles. The van der Waals surface area contributed by atoms with Crippen molar-refractivity contribution in [2.24, 2.45) is 16.3 Å². The van der Waals surface area contributed by atoms with E-state index in [4.69, 9.17) is 9.47 Å². The Bertz CT molecular complexity index is 677. The Morgan fingerprint density at radius 1 is 1.46 bits per heavy atom. The van der Waals surface area contributed by atoms with Gasteiger partial charge in [0, 0.05) is 44.1 Å². The van der Waals surface area contributed by atoms with E-state index in [0.717, 1.165) is 24.6 Å². The van der Waals surface area contributed by atoms with Crippen molar-refractivity contribution >= 4 is 5.96 Å². The Balaban J connectivity index is 1.70. The second kappa shape index (κ2) is 7.43. The summed E-state index contributed by atoms with van der Waals surface area (Å²) in [6.07, 6.45) is 1.43. The highest BCUT2D eigenvalue weighted by atomic mass is 19.1. The van der Waals surface area contributed by atoms with E-state index >= 15 is 0 Å². The molecular formula is C20H30FN3O2. The largest absolute Gasteiger partial charge is 0.494 e. The number of hydrogen-bond donors (Lipinski definition) is 1. The van der Waals surface area contributed by atoms with Crippen molar-refractivity contribution in [1.82, 2.24) is 10.2 Å². The predicted octanol–water partition coefficient (Wildman–Crippen LogP) is 3.05. The second-order valence-electron chi connectivity index (χ2n) is 7.81. The number of aliphatic imine (C=N–C) groups is 1. The van der Waals surface area contributed by atoms with Crippen LogP contribution in [0, 0.1) is 17.2 Å². The number of nitrogens with one attached hydrogen (secondary N) is 1. The van der Waals surface area contributed by atoms with E-state index in [1.165, 1.54) is 13.2 Å². The van der Waals surface area contributed by atoms with E-state index in [-0.39, 0.29) is 17.0 Å². The Hall–Kier alpha value is -1.82. The molecule has 2 fully saturated rings. The van der Waals surface area contributed by atoms with Crippen LogP contribution in [0.2, 0.25) is 0 Å². The van der Waals surface area contributed by atoms with E-state index in [2.05, 4.69) is 24.2 Å². The van der Waals surface area contributed by atoms with Crippen LogP contribution in [0.25, 0.3) is 0 Å². The van der Waals surface area contributed by atoms with Gasteiger partial charge in [0.2, 0.25) is 0 Å². The number of rotatable bonds is 5. The maximum absolute atomic E-state index is 14.0. The number of nitrogens with zero attached hydrogens (tertiary/aromatic N) is 2. The van der Waals surface area contributed by atoms with Gasteiger partial charge in [0.25, 0.3) is 0 Å². The zero-order valence-electron chi connectivity index (χ0n) is 16.4. The monoisotopic (exact) mass is 363 g/mol. The maximum atomic E-state index is 14.0. The smallest absolute Gasteiger partial charge is 0.194 e. The molecule has 3 rings (SSSR count). The van der Waals surface area contributed by atoms with Gasteiger partial charge in [0.15, 0.2) is 17.5 Å². The molecule has 0 aromatic heterocycles. The molecule has 5 nitrogen and oxygen atoms in total. The zero-order chi connectivity index (χ0) is 18.9. The number of guanidine groups is 1. The highest BCUT2D eigenvalue weighted by molar-refractivity contribution is 5.80. The van der Waals surface area contributed by atoms with Crippen molar-refractivity contribution in [3.05, 3.63) is 29.6 Å². The molecule has 2 aliphatic rings. The number of ether oxygens (including phenoxy) is 2. The molecule has 1 N–H and O–H groups in total. The standard InChI is InChI=1S/C20H30FN3O2/c1-6-22-19(23-17-14-9-10-26-18(14)20(17,2)3)24(4)12-13-7-8-16(25-5)15(21)11-13/h7-8,11,14,17-18H,6,9-10,12H2,1-5H3,(H,22,23). The lowest BCUT2D eigenvalue weighted by Gasteiger charge is -2.55. The van der Waals surface area contributed by atoms with Gasteiger partial charge in [-0.3, -0.25) is 4.99 Å². The summed E-state index contributed by atoms with van der Waals surface area (Å²) < 4.78 is 24.8. The molecule has 1 saturated heterocycles. The third-order valence-electron chi connectivity index (χ3n) is 5.69. The molecule has 3 atom stereocenters. The normalized spacial score (nSPS) is 26.8. The summed E-state index contributed by atoms with van der Waals surface area (Å²) in [4.78, 5) is 6.70. The quantitative estimate of drug-likeness (QED) is 0.645. The van der Waals surface area contributed by atoms with Gasteiger partial charge in [-0.2, -0.15) is 0 Å². The van der Waals surface area contributed by atoms with Crippen LogP contribution in [0.4, 0.5) is 4.39 Å². The SMILES string of the molecule is CCN=C(NC1C2CCOC2C1(C)C)N(C)Cc1ccc(OC)c(F)c1. The first-order valence-electron chi connectivity index (χ1n) is 9.34. The summed E-state index contributed by atoms with van der Waals surface area (Å²) in [7, 11) is 3.46. The molecule has 1 aromatic rings. The molecule has 26 heavy (non-hydrogen) atoms. The van der Waals surface area contributed by atoms with Crippen LogP contribution in [-0.2, 0) is 11.3 Å². The lowest BCUT2D eigenvalue weighted by atomic mass is 9.57. The Morgan fingerprint density at radius 3 is 2.88 bits per heavy atom. The predicted molar refractivity (Wildman–Crippen MR) is 101 cm³/mol. The average molecular weight is 363 g/mol. The van der Waals surface area contributed by atoms with Crippen LogP contribution in [0.1, 0.15) is 32.8 Å². The molecule has 1 aliphatic carbocycles. The summed E-state index contributed by atoms with van der Waals surface area (Å²) >= 11 is 0. The van der Waals surface area contributed by atoms with Crippen molar-refractivity contribution in [3.8, 4) is 5.75 Å². The molecular weight excluding hydrogens is 333 g/mol. The first-order valence-corrected chi connectivity index (χ1v) is 9.34. The van der Waals surface area contributed by atoms with E-state index < -0.39 is 0 Å². The zero-order valence-corrected chi connectivity index (χ0v) is 16.4. The Kier molecular flexibility index (Phi) is 5.42. The summed E-state index contributed by atoms with van der Waals surface area (Å²) in [5.74, 6) is 1.32. The lowest BCUT2D eigenvalue weighted by molar-refractivity contribution is -0.107. The van der Waals surface area contributed by atoms with E-state index in [1.807, 2.05) is 24.9 Å². The highest BCUT2D eigenvalue weighted by Crippen LogP contribution is 2.52. The van der Waals surface area contributed by atoms with Crippen molar-refractivity contribution in [2.45, 2.75) is 45.9 Å². The first kappa shape index (κ1) is 19.0. The van der Waals surface area contributed by atoms with Gasteiger partial charge in [-0.1, -0.05) is 19.9 Å². The molecule has 1 aromatic carbocycles. The number of fused-ring (bicyclic) bond motifs is 1. The van der Waals surface area contributed by atoms with Crippen molar-refractivity contribution in [1.29, 1.82) is 0 Å². The first-order chi connectivity index (χ1) is 12.4. The average Bonchev–Trinajstić information content (AvgIpc) is 3.05. The second-order valence-corrected chi connectivity index (χ2v) is 7.81. The van der Waals surface area contributed by atoms with Gasteiger partial charge in [0.05, 0.1) is 13.2 Å². The fourth-order valence-corrected chi connectivity index (χ4v) is 4.34. The van der Waals surface area contributed by atoms with Crippen LogP contribution in [0.5, 0.6) is 5.75 Å². The van der Waals surface area contributed by atoms with Gasteiger partial charge in [-0.15, -0.1) is 0 Å². The van der Waals surface area contributed by atoms with Crippen LogP contribution in [0.15, 0.2) is 23.2 Å². The molecule has 3 unspecified atom stereocenters. The van der Waals surface area contributed by atoms with Gasteiger partial charge in [-0.25, -0.2) is 4.39 Å². The molecule has 0 spiro atoms. The fourth-order valence-electron chi connectivity index (χ4n) is 4.34. The minimum atomic E-state index is -0.341. The fraction of sp³-hybridized carbons (Fsp3) is 0.650. The van der Waals surface area contributed by atoms with Crippen molar-refractivity contribution in [3.63, 3.8) is 0 Å². The molecule has 0 amide bonds. The topological polar surface area (TPSA) is 46.1 Å².